The van der Waals surface area contributed by atoms with Crippen molar-refractivity contribution in [1.29, 1.82) is 0 Å². The van der Waals surface area contributed by atoms with Gasteiger partial charge in [0.2, 0.25) is 0 Å². The first kappa shape index (κ1) is 19.2. The maximum atomic E-state index is 14.0. The minimum atomic E-state index is -0.304. The van der Waals surface area contributed by atoms with Crippen molar-refractivity contribution in [2.75, 3.05) is 0 Å². The number of imidazole rings is 1. The Labute approximate surface area is 187 Å². The molecule has 6 rings (SSSR count). The number of hydrogen-bond donors (Lipinski definition) is 2. The predicted octanol–water partition coefficient (Wildman–Crippen LogP) is 5.38. The van der Waals surface area contributed by atoms with Gasteiger partial charge in [0, 0.05) is 41.5 Å². The summed E-state index contributed by atoms with van der Waals surface area (Å²) in [4.78, 5) is 21.4. The van der Waals surface area contributed by atoms with Gasteiger partial charge >= 0.3 is 0 Å². The predicted molar refractivity (Wildman–Crippen MR) is 125 cm³/mol. The number of pyridine rings is 3. The Morgan fingerprint density at radius 2 is 1.79 bits per heavy atom. The van der Waals surface area contributed by atoms with Gasteiger partial charge in [0.25, 0.3) is 0 Å². The van der Waals surface area contributed by atoms with Crippen LogP contribution in [0.15, 0.2) is 61.2 Å². The zero-order valence-electron chi connectivity index (χ0n) is 17.9. The van der Waals surface area contributed by atoms with Crippen molar-refractivity contribution >= 4 is 22.1 Å². The quantitative estimate of drug-likeness (QED) is 0.389. The number of nitrogens with zero attached hydrogens (tertiary/aromatic N) is 5. The van der Waals surface area contributed by atoms with Gasteiger partial charge in [0.05, 0.1) is 16.6 Å². The number of hydrogen-bond acceptors (Lipinski definition) is 5. The molecule has 5 aromatic heterocycles. The number of benzene rings is 1. The van der Waals surface area contributed by atoms with Gasteiger partial charge in [-0.05, 0) is 61.4 Å². The molecular formula is C25H18FN7. The Morgan fingerprint density at radius 1 is 0.879 bits per heavy atom. The van der Waals surface area contributed by atoms with Crippen LogP contribution in [0.4, 0.5) is 4.39 Å². The minimum Gasteiger partial charge on any atom is -0.336 e. The molecule has 0 saturated heterocycles. The van der Waals surface area contributed by atoms with Gasteiger partial charge in [-0.2, -0.15) is 5.10 Å². The van der Waals surface area contributed by atoms with Gasteiger partial charge in [-0.3, -0.25) is 15.1 Å². The minimum absolute atomic E-state index is 0.304. The second-order valence-corrected chi connectivity index (χ2v) is 8.04. The van der Waals surface area contributed by atoms with Gasteiger partial charge < -0.3 is 4.98 Å². The van der Waals surface area contributed by atoms with Crippen LogP contribution in [0.25, 0.3) is 56.0 Å². The summed E-state index contributed by atoms with van der Waals surface area (Å²) < 4.78 is 14.0. The summed E-state index contributed by atoms with van der Waals surface area (Å²) in [6.07, 6.45) is 7.10. The highest BCUT2D eigenvalue weighted by atomic mass is 19.1. The van der Waals surface area contributed by atoms with E-state index in [1.165, 1.54) is 12.1 Å². The molecule has 0 unspecified atom stereocenters. The normalized spacial score (nSPS) is 11.5. The second-order valence-electron chi connectivity index (χ2n) is 8.04. The molecule has 6 aromatic rings. The fourth-order valence-corrected chi connectivity index (χ4v) is 4.13. The van der Waals surface area contributed by atoms with Crippen LogP contribution in [0.5, 0.6) is 0 Å². The van der Waals surface area contributed by atoms with Crippen molar-refractivity contribution in [2.45, 2.75) is 13.8 Å². The highest BCUT2D eigenvalue weighted by molar-refractivity contribution is 5.96. The van der Waals surface area contributed by atoms with Crippen LogP contribution in [0.2, 0.25) is 0 Å². The van der Waals surface area contributed by atoms with E-state index in [0.29, 0.717) is 33.9 Å². The molecule has 33 heavy (non-hydrogen) atoms. The number of aryl methyl sites for hydroxylation is 2. The smallest absolute Gasteiger partial charge is 0.159 e. The SMILES string of the molecule is Cc1cc(F)cc(-c2nccc3[nH]c(-c4n[nH]c5ncc(-c6cnccc6C)cc45)nc23)c1. The molecule has 0 aliphatic heterocycles. The van der Waals surface area contributed by atoms with Crippen molar-refractivity contribution in [3.63, 3.8) is 0 Å². The molecule has 2 N–H and O–H groups in total. The highest BCUT2D eigenvalue weighted by Gasteiger charge is 2.17. The molecule has 0 spiro atoms. The third kappa shape index (κ3) is 3.23. The molecule has 8 heteroatoms. The van der Waals surface area contributed by atoms with Gasteiger partial charge in [-0.25, -0.2) is 14.4 Å². The van der Waals surface area contributed by atoms with Crippen molar-refractivity contribution in [2.24, 2.45) is 0 Å². The van der Waals surface area contributed by atoms with E-state index in [1.54, 1.807) is 18.6 Å². The molecule has 0 aliphatic rings. The fraction of sp³-hybridized carbons (Fsp3) is 0.0800. The molecule has 1 aromatic carbocycles. The first-order valence-electron chi connectivity index (χ1n) is 10.4. The first-order valence-corrected chi connectivity index (χ1v) is 10.4. The van der Waals surface area contributed by atoms with E-state index in [2.05, 4.69) is 30.1 Å². The van der Waals surface area contributed by atoms with E-state index in [1.807, 2.05) is 44.3 Å². The molecule has 0 aliphatic carbocycles. The standard InChI is InChI=1S/C25H18FN7/c1-13-7-15(9-17(26)8-13)21-23-20(4-6-28-21)30-25(31-23)22-18-10-16(11-29-24(18)33-32-22)19-12-27-5-3-14(19)2/h3-12H,1-2H3,(H,30,31)(H,29,32,33). The Kier molecular flexibility index (Phi) is 4.26. The van der Waals surface area contributed by atoms with Crippen LogP contribution in [-0.2, 0) is 0 Å². The van der Waals surface area contributed by atoms with Gasteiger partial charge in [-0.1, -0.05) is 0 Å². The highest BCUT2D eigenvalue weighted by Crippen LogP contribution is 2.32. The Morgan fingerprint density at radius 3 is 2.64 bits per heavy atom. The zero-order chi connectivity index (χ0) is 22.5. The third-order valence-corrected chi connectivity index (χ3v) is 5.71. The molecule has 160 valence electrons. The molecule has 0 fully saturated rings. The third-order valence-electron chi connectivity index (χ3n) is 5.71. The molecule has 0 saturated carbocycles. The topological polar surface area (TPSA) is 96.0 Å². The van der Waals surface area contributed by atoms with Crippen LogP contribution in [0.3, 0.4) is 0 Å². The van der Waals surface area contributed by atoms with Crippen LogP contribution >= 0.6 is 0 Å². The van der Waals surface area contributed by atoms with Crippen molar-refractivity contribution in [3.8, 4) is 33.9 Å². The Bertz CT molecular complexity index is 1640. The molecular weight excluding hydrogens is 417 g/mol. The van der Waals surface area contributed by atoms with Gasteiger partial charge in [0.1, 0.15) is 17.0 Å². The first-order chi connectivity index (χ1) is 16.1. The van der Waals surface area contributed by atoms with Crippen LogP contribution < -0.4 is 0 Å². The number of halogens is 1. The average Bonchev–Trinajstić information content (AvgIpc) is 3.42. The number of rotatable bonds is 3. The fourth-order valence-electron chi connectivity index (χ4n) is 4.13. The molecule has 0 amide bonds. The van der Waals surface area contributed by atoms with E-state index in [4.69, 9.17) is 4.98 Å². The van der Waals surface area contributed by atoms with Crippen LogP contribution in [0, 0.1) is 19.7 Å². The zero-order valence-corrected chi connectivity index (χ0v) is 17.9. The molecule has 0 bridgehead atoms. The van der Waals surface area contributed by atoms with Gasteiger partial charge in [0.15, 0.2) is 11.5 Å². The van der Waals surface area contributed by atoms with E-state index < -0.39 is 0 Å². The summed E-state index contributed by atoms with van der Waals surface area (Å²) in [5, 5.41) is 8.29. The number of nitrogens with one attached hydrogen (secondary N) is 2. The monoisotopic (exact) mass is 435 g/mol. The molecule has 0 atom stereocenters. The van der Waals surface area contributed by atoms with Crippen molar-refractivity contribution < 1.29 is 4.39 Å². The lowest BCUT2D eigenvalue weighted by atomic mass is 10.0. The lowest BCUT2D eigenvalue weighted by Gasteiger charge is -2.04. The lowest BCUT2D eigenvalue weighted by Crippen LogP contribution is -1.88. The second kappa shape index (κ2) is 7.30. The number of H-pyrrole nitrogens is 2. The maximum Gasteiger partial charge on any atom is 0.159 e. The number of aromatic nitrogens is 7. The summed E-state index contributed by atoms with van der Waals surface area (Å²) in [5.41, 5.74) is 7.94. The van der Waals surface area contributed by atoms with E-state index in [9.17, 15) is 4.39 Å². The summed E-state index contributed by atoms with van der Waals surface area (Å²) in [7, 11) is 0. The van der Waals surface area contributed by atoms with Crippen LogP contribution in [-0.4, -0.2) is 35.1 Å². The summed E-state index contributed by atoms with van der Waals surface area (Å²) in [6, 6.07) is 10.7. The number of aromatic amines is 2. The summed E-state index contributed by atoms with van der Waals surface area (Å²) in [6.45, 7) is 3.90. The average molecular weight is 435 g/mol. The Hall–Kier alpha value is -4.46. The summed E-state index contributed by atoms with van der Waals surface area (Å²) in [5.74, 6) is 0.280. The van der Waals surface area contributed by atoms with Gasteiger partial charge in [-0.15, -0.1) is 0 Å². The molecule has 5 heterocycles. The van der Waals surface area contributed by atoms with E-state index in [-0.39, 0.29) is 5.82 Å². The Balaban J connectivity index is 1.52. The lowest BCUT2D eigenvalue weighted by molar-refractivity contribution is 0.627. The van der Waals surface area contributed by atoms with Crippen molar-refractivity contribution in [3.05, 3.63) is 78.1 Å². The number of fused-ring (bicyclic) bond motifs is 2. The van der Waals surface area contributed by atoms with E-state index >= 15 is 0 Å². The van der Waals surface area contributed by atoms with Crippen LogP contribution in [0.1, 0.15) is 11.1 Å². The molecule has 0 radical (unpaired) electrons. The largest absolute Gasteiger partial charge is 0.336 e. The van der Waals surface area contributed by atoms with Crippen molar-refractivity contribution in [1.82, 2.24) is 35.1 Å². The maximum absolute atomic E-state index is 14.0. The van der Waals surface area contributed by atoms with E-state index in [0.717, 1.165) is 33.2 Å². The molecule has 7 nitrogen and oxygen atoms in total. The summed E-state index contributed by atoms with van der Waals surface area (Å²) >= 11 is 0.